The predicted molar refractivity (Wildman–Crippen MR) is 249 cm³/mol. The second kappa shape index (κ2) is 17.9. The predicted octanol–water partition coefficient (Wildman–Crippen LogP) is 8.60. The minimum Gasteiger partial charge on any atom is -0.496 e. The van der Waals surface area contributed by atoms with E-state index in [1.54, 1.807) is 34.8 Å². The molecule has 1 N–H and O–H groups in total. The third kappa shape index (κ3) is 9.61. The highest BCUT2D eigenvalue weighted by Gasteiger charge is 2.62. The SMILES string of the molecule is COc1ccccc1-c1csc(-c2cccc3c2nc(O[C@@H]2C[C@H]4C(=O)C[C@]5(C(=O)NS(=O)(=O)C6(C)CC6)C[C@H]5/C=C\CCCCC[C@H](CC(=O)OC(C)(C)C)C(=O)N4C2)n3C(C)C)n1. The van der Waals surface area contributed by atoms with E-state index >= 15 is 0 Å². The summed E-state index contributed by atoms with van der Waals surface area (Å²) in [6, 6.07) is 12.9. The fourth-order valence-corrected chi connectivity index (χ4v) is 11.6. The van der Waals surface area contributed by atoms with Crippen LogP contribution in [0.4, 0.5) is 0 Å². The number of benzene rings is 2. The van der Waals surface area contributed by atoms with Crippen LogP contribution in [0.15, 0.2) is 60.0 Å². The first-order valence-electron chi connectivity index (χ1n) is 22.9. The van der Waals surface area contributed by atoms with Crippen LogP contribution in [0.1, 0.15) is 118 Å². The van der Waals surface area contributed by atoms with Crippen molar-refractivity contribution < 1.29 is 41.8 Å². The van der Waals surface area contributed by atoms with Crippen molar-refractivity contribution in [2.24, 2.45) is 17.3 Å². The molecule has 14 nitrogen and oxygen atoms in total. The van der Waals surface area contributed by atoms with Gasteiger partial charge in [0.2, 0.25) is 21.8 Å². The summed E-state index contributed by atoms with van der Waals surface area (Å²) in [6.45, 7) is 11.1. The molecule has 0 bridgehead atoms. The number of fused-ring (bicyclic) bond motifs is 3. The number of thiazole rings is 1. The molecule has 2 amide bonds. The number of ketones is 1. The van der Waals surface area contributed by atoms with E-state index in [1.165, 1.54) is 16.2 Å². The van der Waals surface area contributed by atoms with E-state index in [2.05, 4.69) is 4.72 Å². The lowest BCUT2D eigenvalue weighted by atomic mass is 9.90. The fraction of sp³-hybridized carbons (Fsp3) is 0.551. The molecule has 4 heterocycles. The van der Waals surface area contributed by atoms with Gasteiger partial charge in [-0.3, -0.25) is 28.5 Å². The van der Waals surface area contributed by atoms with Crippen molar-refractivity contribution in [1.29, 1.82) is 0 Å². The molecule has 5 atom stereocenters. The molecule has 2 saturated carbocycles. The van der Waals surface area contributed by atoms with E-state index in [1.807, 2.05) is 78.4 Å². The Labute approximate surface area is 385 Å². The summed E-state index contributed by atoms with van der Waals surface area (Å²) in [5, 5.41) is 2.76. The first-order chi connectivity index (χ1) is 30.8. The van der Waals surface area contributed by atoms with Crippen LogP contribution >= 0.6 is 11.3 Å². The summed E-state index contributed by atoms with van der Waals surface area (Å²) in [5.41, 5.74) is 1.96. The lowest BCUT2D eigenvalue weighted by Gasteiger charge is -2.29. The number of hydrogen-bond donors (Lipinski definition) is 1. The minimum absolute atomic E-state index is 0.0399. The smallest absolute Gasteiger partial charge is 0.307 e. The van der Waals surface area contributed by atoms with Crippen LogP contribution in [0.5, 0.6) is 11.8 Å². The van der Waals surface area contributed by atoms with Crippen molar-refractivity contribution in [3.8, 4) is 33.6 Å². The highest BCUT2D eigenvalue weighted by Crippen LogP contribution is 2.58. The fourth-order valence-electron chi connectivity index (χ4n) is 9.38. The number of nitrogens with one attached hydrogen (secondary N) is 1. The number of Topliss-reactive ketones (excluding diaryl/α,β-unsaturated/α-hetero) is 1. The summed E-state index contributed by atoms with van der Waals surface area (Å²) in [4.78, 5) is 68.8. The Morgan fingerprint density at radius 2 is 1.77 bits per heavy atom. The van der Waals surface area contributed by atoms with Gasteiger partial charge in [-0.05, 0) is 110 Å². The Morgan fingerprint density at radius 3 is 2.49 bits per heavy atom. The summed E-state index contributed by atoms with van der Waals surface area (Å²) in [5.74, 6) is -2.25. The zero-order valence-corrected chi connectivity index (χ0v) is 40.1. The molecule has 1 saturated heterocycles. The molecule has 0 unspecified atom stereocenters. The molecule has 0 spiro atoms. The maximum atomic E-state index is 14.9. The van der Waals surface area contributed by atoms with Gasteiger partial charge in [-0.1, -0.05) is 43.2 Å². The van der Waals surface area contributed by atoms with Gasteiger partial charge in [-0.15, -0.1) is 11.3 Å². The van der Waals surface area contributed by atoms with Crippen LogP contribution < -0.4 is 14.2 Å². The Morgan fingerprint density at radius 1 is 1.02 bits per heavy atom. The standard InChI is InChI=1S/C49H61N5O9S2/c1-30(2)54-37-20-15-19-35(43-50-36(29-64-43)34-18-13-14-21-40(34)61-7)42(37)51-46(54)62-33-25-38-39(55)27-49(45(58)52-65(59,60)48(6)22-23-48)26-32(49)17-12-10-8-9-11-16-31(44(57)53(38)28-33)24-41(56)63-47(3,4)5/h12-15,17-21,29-33,38H,8-11,16,22-28H2,1-7H3,(H,52,58)/b17-12-/t31-,32-,33-,38+,49-/m1/s1. The zero-order chi connectivity index (χ0) is 46.5. The van der Waals surface area contributed by atoms with E-state index in [4.69, 9.17) is 24.2 Å². The quantitative estimate of drug-likeness (QED) is 0.113. The van der Waals surface area contributed by atoms with E-state index in [0.29, 0.717) is 43.6 Å². The van der Waals surface area contributed by atoms with Crippen LogP contribution in [0.3, 0.4) is 0 Å². The van der Waals surface area contributed by atoms with E-state index in [-0.39, 0.29) is 49.5 Å². The van der Waals surface area contributed by atoms with Gasteiger partial charge in [0.05, 0.1) is 47.5 Å². The molecular weight excluding hydrogens is 867 g/mol. The van der Waals surface area contributed by atoms with Crippen LogP contribution in [-0.4, -0.2) is 87.6 Å². The largest absolute Gasteiger partial charge is 0.496 e. The number of aromatic nitrogens is 3. The zero-order valence-electron chi connectivity index (χ0n) is 38.4. The van der Waals surface area contributed by atoms with Crippen LogP contribution in [0.2, 0.25) is 0 Å². The number of nitrogens with zero attached hydrogens (tertiary/aromatic N) is 4. The molecule has 3 fully saturated rings. The summed E-state index contributed by atoms with van der Waals surface area (Å²) >= 11 is 1.50. The molecule has 8 rings (SSSR count). The first kappa shape index (κ1) is 46.4. The number of methoxy groups -OCH3 is 1. The second-order valence-electron chi connectivity index (χ2n) is 19.8. The van der Waals surface area contributed by atoms with Crippen LogP contribution in [-0.2, 0) is 33.9 Å². The van der Waals surface area contributed by atoms with Crippen LogP contribution in [0, 0.1) is 17.3 Å². The van der Waals surface area contributed by atoms with Crippen molar-refractivity contribution in [2.45, 2.75) is 141 Å². The number of hydrogen-bond acceptors (Lipinski definition) is 12. The van der Waals surface area contributed by atoms with Crippen molar-refractivity contribution in [2.75, 3.05) is 13.7 Å². The molecule has 2 aromatic carbocycles. The maximum Gasteiger partial charge on any atom is 0.307 e. The summed E-state index contributed by atoms with van der Waals surface area (Å²) in [6.07, 6.45) is 7.69. The average molecular weight is 928 g/mol. The third-order valence-corrected chi connectivity index (χ3v) is 16.4. The number of carbonyl (C=O) groups excluding carboxylic acids is 4. The summed E-state index contributed by atoms with van der Waals surface area (Å²) < 4.78 is 48.1. The van der Waals surface area contributed by atoms with Crippen molar-refractivity contribution >= 4 is 56.0 Å². The van der Waals surface area contributed by atoms with Gasteiger partial charge in [0, 0.05) is 41.3 Å². The van der Waals surface area contributed by atoms with E-state index in [0.717, 1.165) is 52.4 Å². The van der Waals surface area contributed by atoms with Gasteiger partial charge in [-0.25, -0.2) is 13.4 Å². The molecule has 2 aliphatic carbocycles. The maximum absolute atomic E-state index is 14.9. The van der Waals surface area contributed by atoms with Gasteiger partial charge in [0.1, 0.15) is 28.0 Å². The lowest BCUT2D eigenvalue weighted by molar-refractivity contribution is -0.159. The second-order valence-corrected chi connectivity index (χ2v) is 22.9. The van der Waals surface area contributed by atoms with Gasteiger partial charge in [-0.2, -0.15) is 4.98 Å². The van der Waals surface area contributed by atoms with Gasteiger partial charge < -0.3 is 19.1 Å². The molecule has 2 aliphatic heterocycles. The van der Waals surface area contributed by atoms with Crippen molar-refractivity contribution in [3.05, 3.63) is 60.0 Å². The highest BCUT2D eigenvalue weighted by atomic mass is 32.2. The Kier molecular flexibility index (Phi) is 12.8. The Hall–Kier alpha value is -5.09. The first-order valence-corrected chi connectivity index (χ1v) is 25.2. The number of amides is 2. The monoisotopic (exact) mass is 927 g/mol. The third-order valence-electron chi connectivity index (χ3n) is 13.4. The number of sulfonamides is 1. The normalized spacial score (nSPS) is 25.3. The number of carbonyl (C=O) groups is 4. The Bertz CT molecular complexity index is 2620. The molecule has 4 aliphatic rings. The number of rotatable bonds is 11. The number of allylic oxidation sites excluding steroid dienone is 2. The topological polar surface area (TPSA) is 176 Å². The number of ether oxygens (including phenoxy) is 3. The Balaban J connectivity index is 1.12. The van der Waals surface area contributed by atoms with Gasteiger partial charge >= 0.3 is 5.97 Å². The molecule has 65 heavy (non-hydrogen) atoms. The average Bonchev–Trinajstić information content (AvgIpc) is 3.92. The van der Waals surface area contributed by atoms with Gasteiger partial charge in [0.25, 0.3) is 6.01 Å². The van der Waals surface area contributed by atoms with E-state index in [9.17, 15) is 27.6 Å². The molecule has 4 aromatic rings. The van der Waals surface area contributed by atoms with E-state index < -0.39 is 55.7 Å². The number of para-hydroxylation sites is 2. The van der Waals surface area contributed by atoms with Gasteiger partial charge in [0.15, 0.2) is 5.78 Å². The molecule has 2 aromatic heterocycles. The van der Waals surface area contributed by atoms with Crippen molar-refractivity contribution in [3.63, 3.8) is 0 Å². The van der Waals surface area contributed by atoms with Crippen LogP contribution in [0.25, 0.3) is 32.9 Å². The molecule has 16 heteroatoms. The number of esters is 1. The van der Waals surface area contributed by atoms with Crippen molar-refractivity contribution in [1.82, 2.24) is 24.2 Å². The molecule has 0 radical (unpaired) electrons. The molecular formula is C49H61N5O9S2. The summed E-state index contributed by atoms with van der Waals surface area (Å²) in [7, 11) is -2.34. The minimum atomic E-state index is -3.97. The lowest BCUT2D eigenvalue weighted by Crippen LogP contribution is -2.47. The highest BCUT2D eigenvalue weighted by molar-refractivity contribution is 7.91. The molecule has 348 valence electrons. The number of imidazole rings is 1.